The molecule has 31 heavy (non-hydrogen) atoms. The molecule has 2 bridgehead atoms. The van der Waals surface area contributed by atoms with E-state index in [2.05, 4.69) is 15.6 Å². The number of sulfonamides is 1. The zero-order chi connectivity index (χ0) is 21.4. The first-order chi connectivity index (χ1) is 14.9. The molecule has 4 saturated heterocycles. The molecule has 2 amide bonds. The van der Waals surface area contributed by atoms with Crippen LogP contribution in [-0.2, 0) is 14.8 Å². The van der Waals surface area contributed by atoms with Crippen LogP contribution in [0.5, 0.6) is 0 Å². The van der Waals surface area contributed by atoms with E-state index in [0.29, 0.717) is 29.7 Å². The van der Waals surface area contributed by atoms with Gasteiger partial charge in [-0.3, -0.25) is 4.79 Å². The van der Waals surface area contributed by atoms with Gasteiger partial charge in [0.25, 0.3) is 0 Å². The molecular weight excluding hydrogens is 440 g/mol. The quantitative estimate of drug-likeness (QED) is 0.625. The number of H-pyrrole nitrogens is 1. The number of aromatic amines is 1. The van der Waals surface area contributed by atoms with E-state index < -0.39 is 15.6 Å². The molecule has 1 aromatic carbocycles. The molecule has 0 saturated carbocycles. The van der Waals surface area contributed by atoms with Crippen LogP contribution in [0.2, 0.25) is 0 Å². The minimum absolute atomic E-state index is 0.139. The third-order valence-corrected chi connectivity index (χ3v) is 10.2. The fourth-order valence-corrected chi connectivity index (χ4v) is 8.97. The third kappa shape index (κ3) is 2.97. The lowest BCUT2D eigenvalue weighted by Gasteiger charge is -2.55. The van der Waals surface area contributed by atoms with Crippen molar-refractivity contribution in [3.63, 3.8) is 0 Å². The lowest BCUT2D eigenvalue weighted by atomic mass is 9.69. The van der Waals surface area contributed by atoms with Gasteiger partial charge in [-0.05, 0) is 56.7 Å². The first-order valence-corrected chi connectivity index (χ1v) is 13.0. The SMILES string of the molecule is O=C1N[C@H]2OCCC[C@H]2C2(CC3CCC(C2)N3S(=O)(=O)c2ccc3[nH]c(=O)sc3c2)N1. The minimum atomic E-state index is -3.71. The Balaban J connectivity index is 1.34. The minimum Gasteiger partial charge on any atom is -0.358 e. The van der Waals surface area contributed by atoms with Crippen molar-refractivity contribution in [1.82, 2.24) is 19.9 Å². The number of benzene rings is 1. The van der Waals surface area contributed by atoms with Crippen LogP contribution in [0.25, 0.3) is 10.2 Å². The van der Waals surface area contributed by atoms with E-state index in [1.54, 1.807) is 22.5 Å². The summed E-state index contributed by atoms with van der Waals surface area (Å²) in [6.07, 6.45) is 4.36. The van der Waals surface area contributed by atoms with Crippen molar-refractivity contribution in [3.05, 3.63) is 27.9 Å². The molecule has 2 aromatic rings. The van der Waals surface area contributed by atoms with Gasteiger partial charge < -0.3 is 20.4 Å². The molecule has 4 aliphatic rings. The van der Waals surface area contributed by atoms with Gasteiger partial charge >= 0.3 is 10.9 Å². The molecule has 0 aliphatic carbocycles. The average molecular weight is 465 g/mol. The smallest absolute Gasteiger partial charge is 0.317 e. The molecule has 2 unspecified atom stereocenters. The Morgan fingerprint density at radius 3 is 2.68 bits per heavy atom. The second kappa shape index (κ2) is 6.77. The number of aromatic nitrogens is 1. The number of ether oxygens (including phenoxy) is 1. The monoisotopic (exact) mass is 464 g/mol. The molecule has 6 rings (SSSR count). The van der Waals surface area contributed by atoms with Crippen LogP contribution in [0.3, 0.4) is 0 Å². The maximum Gasteiger partial charge on any atom is 0.317 e. The highest BCUT2D eigenvalue weighted by Crippen LogP contribution is 2.49. The first-order valence-electron chi connectivity index (χ1n) is 10.7. The zero-order valence-corrected chi connectivity index (χ0v) is 18.4. The highest BCUT2D eigenvalue weighted by molar-refractivity contribution is 7.89. The molecule has 1 aromatic heterocycles. The van der Waals surface area contributed by atoms with Crippen molar-refractivity contribution < 1.29 is 17.9 Å². The van der Waals surface area contributed by atoms with Crippen LogP contribution < -0.4 is 15.5 Å². The summed E-state index contributed by atoms with van der Waals surface area (Å²) in [6, 6.07) is 4.27. The first kappa shape index (κ1) is 19.7. The van der Waals surface area contributed by atoms with E-state index in [4.69, 9.17) is 4.74 Å². The van der Waals surface area contributed by atoms with Crippen LogP contribution in [0.15, 0.2) is 27.9 Å². The van der Waals surface area contributed by atoms with Gasteiger partial charge in [-0.2, -0.15) is 4.31 Å². The van der Waals surface area contributed by atoms with Crippen LogP contribution >= 0.6 is 11.3 Å². The lowest BCUT2D eigenvalue weighted by molar-refractivity contribution is -0.0967. The molecule has 4 aliphatic heterocycles. The van der Waals surface area contributed by atoms with Gasteiger partial charge in [0.1, 0.15) is 6.23 Å². The fourth-order valence-electron chi connectivity index (χ4n) is 6.22. The second-order valence-corrected chi connectivity index (χ2v) is 12.0. The molecule has 0 radical (unpaired) electrons. The molecule has 3 N–H and O–H groups in total. The number of hydrogen-bond donors (Lipinski definition) is 3. The van der Waals surface area contributed by atoms with Gasteiger partial charge in [0.2, 0.25) is 10.0 Å². The summed E-state index contributed by atoms with van der Waals surface area (Å²) >= 11 is 1.01. The summed E-state index contributed by atoms with van der Waals surface area (Å²) < 4.78 is 35.4. The highest BCUT2D eigenvalue weighted by Gasteiger charge is 2.59. The summed E-state index contributed by atoms with van der Waals surface area (Å²) in [5.74, 6) is 0.139. The number of piperidine rings is 1. The molecular formula is C20H24N4O5S2. The average Bonchev–Trinajstić information content (AvgIpc) is 3.24. The van der Waals surface area contributed by atoms with E-state index in [1.807, 2.05) is 0 Å². The van der Waals surface area contributed by atoms with Crippen molar-refractivity contribution in [1.29, 1.82) is 0 Å². The highest BCUT2D eigenvalue weighted by atomic mass is 32.2. The Labute approximate surface area is 183 Å². The maximum absolute atomic E-state index is 13.6. The third-order valence-electron chi connectivity index (χ3n) is 7.39. The number of fused-ring (bicyclic) bond motifs is 5. The number of nitrogens with one attached hydrogen (secondary N) is 3. The van der Waals surface area contributed by atoms with Crippen molar-refractivity contribution in [2.24, 2.45) is 5.92 Å². The van der Waals surface area contributed by atoms with Crippen molar-refractivity contribution >= 4 is 37.6 Å². The van der Waals surface area contributed by atoms with Crippen LogP contribution in [0, 0.1) is 5.92 Å². The Bertz CT molecular complexity index is 1210. The van der Waals surface area contributed by atoms with Gasteiger partial charge in [-0.1, -0.05) is 11.3 Å². The predicted octanol–water partition coefficient (Wildman–Crippen LogP) is 1.71. The van der Waals surface area contributed by atoms with E-state index in [-0.39, 0.29) is 40.0 Å². The molecule has 166 valence electrons. The Kier molecular flexibility index (Phi) is 4.31. The maximum atomic E-state index is 13.6. The van der Waals surface area contributed by atoms with Crippen molar-refractivity contribution in [3.8, 4) is 0 Å². The molecule has 4 fully saturated rings. The summed E-state index contributed by atoms with van der Waals surface area (Å²) in [5, 5.41) is 6.08. The van der Waals surface area contributed by atoms with Crippen LogP contribution in [0.4, 0.5) is 4.79 Å². The van der Waals surface area contributed by atoms with Gasteiger partial charge in [-0.25, -0.2) is 13.2 Å². The Hall–Kier alpha value is -1.95. The summed E-state index contributed by atoms with van der Waals surface area (Å²) in [6.45, 7) is 0.637. The van der Waals surface area contributed by atoms with Crippen molar-refractivity contribution in [2.75, 3.05) is 6.61 Å². The fraction of sp³-hybridized carbons (Fsp3) is 0.600. The number of amides is 2. The van der Waals surface area contributed by atoms with Gasteiger partial charge in [0, 0.05) is 24.6 Å². The number of carbonyl (C=O) groups is 1. The number of urea groups is 1. The van der Waals surface area contributed by atoms with E-state index >= 15 is 0 Å². The number of thiazole rings is 1. The predicted molar refractivity (Wildman–Crippen MR) is 114 cm³/mol. The summed E-state index contributed by atoms with van der Waals surface area (Å²) in [4.78, 5) is 26.8. The number of hydrogen-bond acceptors (Lipinski definition) is 6. The van der Waals surface area contributed by atoms with E-state index in [9.17, 15) is 18.0 Å². The topological polar surface area (TPSA) is 121 Å². The summed E-state index contributed by atoms with van der Waals surface area (Å²) in [5.41, 5.74) is 0.213. The van der Waals surface area contributed by atoms with Crippen LogP contribution in [0.1, 0.15) is 38.5 Å². The molecule has 5 heterocycles. The number of rotatable bonds is 2. The van der Waals surface area contributed by atoms with Gasteiger partial charge in [0.05, 0.1) is 20.7 Å². The normalized spacial score (nSPS) is 35.7. The molecule has 11 heteroatoms. The second-order valence-electron chi connectivity index (χ2n) is 9.10. The van der Waals surface area contributed by atoms with Gasteiger partial charge in [0.15, 0.2) is 0 Å². The molecule has 4 atom stereocenters. The summed E-state index contributed by atoms with van der Waals surface area (Å²) in [7, 11) is -3.71. The van der Waals surface area contributed by atoms with E-state index in [1.165, 1.54) is 0 Å². The van der Waals surface area contributed by atoms with E-state index in [0.717, 1.165) is 37.0 Å². The lowest BCUT2D eigenvalue weighted by Crippen LogP contribution is -2.73. The molecule has 1 spiro atoms. The number of nitrogens with zero attached hydrogens (tertiary/aromatic N) is 1. The van der Waals surface area contributed by atoms with Crippen LogP contribution in [-0.4, -0.2) is 54.2 Å². The van der Waals surface area contributed by atoms with Crippen molar-refractivity contribution in [2.45, 2.75) is 67.3 Å². The zero-order valence-electron chi connectivity index (χ0n) is 16.8. The standard InChI is InChI=1S/C20H24N4O5S2/c25-18-22-17-14(2-1-7-29-17)20(23-18)9-11-3-4-12(10-20)24(11)31(27,28)13-5-6-15-16(8-13)30-19(26)21-15/h5-6,8,11-12,14,17H,1-4,7,9-10H2,(H,21,26)(H2,22,23,25)/t11?,12?,14-,17+,20?/m1/s1. The number of carbonyl (C=O) groups excluding carboxylic acids is 1. The Morgan fingerprint density at radius 2 is 1.90 bits per heavy atom. The largest absolute Gasteiger partial charge is 0.358 e. The molecule has 9 nitrogen and oxygen atoms in total. The Morgan fingerprint density at radius 1 is 1.13 bits per heavy atom. The van der Waals surface area contributed by atoms with Gasteiger partial charge in [-0.15, -0.1) is 0 Å².